The monoisotopic (exact) mass is 268 g/mol. The second kappa shape index (κ2) is 4.69. The number of hydrogen-bond acceptors (Lipinski definition) is 4. The Hall–Kier alpha value is -0.710. The molecule has 1 fully saturated rings. The second-order valence-corrected chi connectivity index (χ2v) is 6.48. The molecular weight excluding hydrogens is 244 g/mol. The van der Waals surface area contributed by atoms with Crippen molar-refractivity contribution >= 4 is 5.78 Å². The van der Waals surface area contributed by atoms with Crippen molar-refractivity contribution in [3.05, 3.63) is 12.2 Å². The van der Waals surface area contributed by atoms with Gasteiger partial charge < -0.3 is 15.3 Å². The van der Waals surface area contributed by atoms with Gasteiger partial charge in [-0.05, 0) is 36.8 Å². The van der Waals surface area contributed by atoms with Crippen molar-refractivity contribution in [1.82, 2.24) is 0 Å². The Labute approximate surface area is 114 Å². The van der Waals surface area contributed by atoms with Crippen LogP contribution in [-0.2, 0) is 4.79 Å². The minimum Gasteiger partial charge on any atom is -0.396 e. The first-order valence-electron chi connectivity index (χ1n) is 7.03. The number of aliphatic hydroxyl groups is 3. The smallest absolute Gasteiger partial charge is 0.159 e. The second-order valence-electron chi connectivity index (χ2n) is 6.48. The fourth-order valence-corrected chi connectivity index (χ4v) is 4.11. The molecule has 0 radical (unpaired) electrons. The van der Waals surface area contributed by atoms with Gasteiger partial charge in [-0.2, -0.15) is 0 Å². The van der Waals surface area contributed by atoms with Crippen molar-refractivity contribution in [2.24, 2.45) is 23.2 Å². The van der Waals surface area contributed by atoms with Gasteiger partial charge in [-0.3, -0.25) is 4.79 Å². The molecule has 4 nitrogen and oxygen atoms in total. The Balaban J connectivity index is 2.57. The summed E-state index contributed by atoms with van der Waals surface area (Å²) in [5.41, 5.74) is -2.12. The third kappa shape index (κ3) is 1.81. The van der Waals surface area contributed by atoms with Gasteiger partial charge in [-0.25, -0.2) is 0 Å². The summed E-state index contributed by atoms with van der Waals surface area (Å²) in [6, 6.07) is 0. The van der Waals surface area contributed by atoms with Crippen LogP contribution in [0.5, 0.6) is 0 Å². The third-order valence-corrected chi connectivity index (χ3v) is 5.58. The van der Waals surface area contributed by atoms with Gasteiger partial charge in [0, 0.05) is 17.9 Å². The molecule has 1 saturated carbocycles. The number of fused-ring (bicyclic) bond motifs is 1. The molecule has 2 aliphatic rings. The highest BCUT2D eigenvalue weighted by Gasteiger charge is 2.63. The average molecular weight is 268 g/mol. The lowest BCUT2D eigenvalue weighted by Crippen LogP contribution is -2.66. The summed E-state index contributed by atoms with van der Waals surface area (Å²) in [6.45, 7) is 5.61. The minimum absolute atomic E-state index is 0.0605. The van der Waals surface area contributed by atoms with Crippen molar-refractivity contribution in [3.8, 4) is 0 Å². The van der Waals surface area contributed by atoms with Crippen LogP contribution in [0.3, 0.4) is 0 Å². The van der Waals surface area contributed by atoms with E-state index >= 15 is 0 Å². The summed E-state index contributed by atoms with van der Waals surface area (Å²) >= 11 is 0. The number of aliphatic hydroxyl groups excluding tert-OH is 2. The normalized spacial score (nSPS) is 47.9. The number of carbonyl (C=O) groups excluding carboxylic acids is 1. The summed E-state index contributed by atoms with van der Waals surface area (Å²) in [4.78, 5) is 12.3. The van der Waals surface area contributed by atoms with Crippen molar-refractivity contribution in [1.29, 1.82) is 0 Å². The molecule has 2 aliphatic carbocycles. The third-order valence-electron chi connectivity index (χ3n) is 5.58. The zero-order valence-corrected chi connectivity index (χ0v) is 11.8. The Morgan fingerprint density at radius 2 is 2.11 bits per heavy atom. The fraction of sp³-hybridized carbons (Fsp3) is 0.800. The van der Waals surface area contributed by atoms with Crippen LogP contribution in [-0.4, -0.2) is 39.4 Å². The van der Waals surface area contributed by atoms with E-state index in [-0.39, 0.29) is 24.2 Å². The van der Waals surface area contributed by atoms with Crippen LogP contribution in [0.15, 0.2) is 12.2 Å². The van der Waals surface area contributed by atoms with E-state index in [2.05, 4.69) is 0 Å². The molecule has 6 atom stereocenters. The molecular formula is C15H24O4. The van der Waals surface area contributed by atoms with E-state index in [1.54, 1.807) is 0 Å². The lowest BCUT2D eigenvalue weighted by Gasteiger charge is -2.59. The molecule has 108 valence electrons. The fourth-order valence-electron chi connectivity index (χ4n) is 4.11. The van der Waals surface area contributed by atoms with Crippen LogP contribution < -0.4 is 0 Å². The zero-order valence-electron chi connectivity index (χ0n) is 11.8. The van der Waals surface area contributed by atoms with Gasteiger partial charge in [-0.1, -0.05) is 20.8 Å². The first-order chi connectivity index (χ1) is 8.79. The number of ketones is 1. The molecule has 2 rings (SSSR count). The Kier molecular flexibility index (Phi) is 3.62. The highest BCUT2D eigenvalue weighted by atomic mass is 16.3. The molecule has 0 saturated heterocycles. The van der Waals surface area contributed by atoms with Gasteiger partial charge >= 0.3 is 0 Å². The standard InChI is InChI=1S/C15H24O4/c1-9(8-16)13-11(17)6-7-15(19)12(18)5-4-10(2)14(13,15)3/h6-7,9-10,12-13,16,18-19H,4-5,8H2,1-3H3. The molecule has 0 amide bonds. The van der Waals surface area contributed by atoms with E-state index in [9.17, 15) is 20.1 Å². The maximum Gasteiger partial charge on any atom is 0.159 e. The summed E-state index contributed by atoms with van der Waals surface area (Å²) in [7, 11) is 0. The molecule has 4 heteroatoms. The minimum atomic E-state index is -1.38. The van der Waals surface area contributed by atoms with Crippen LogP contribution in [0, 0.1) is 23.2 Å². The van der Waals surface area contributed by atoms with E-state index in [0.717, 1.165) is 6.42 Å². The van der Waals surface area contributed by atoms with E-state index in [1.165, 1.54) is 12.2 Å². The molecule has 0 heterocycles. The van der Waals surface area contributed by atoms with E-state index < -0.39 is 23.0 Å². The molecule has 0 bridgehead atoms. The van der Waals surface area contributed by atoms with Crippen molar-refractivity contribution in [2.75, 3.05) is 6.61 Å². The highest BCUT2D eigenvalue weighted by molar-refractivity contribution is 5.94. The van der Waals surface area contributed by atoms with E-state index in [4.69, 9.17) is 0 Å². The van der Waals surface area contributed by atoms with Gasteiger partial charge in [0.15, 0.2) is 5.78 Å². The van der Waals surface area contributed by atoms with Gasteiger partial charge in [0.1, 0.15) is 5.60 Å². The van der Waals surface area contributed by atoms with Gasteiger partial charge in [0.25, 0.3) is 0 Å². The summed E-state index contributed by atoms with van der Waals surface area (Å²) in [6.07, 6.45) is 3.30. The van der Waals surface area contributed by atoms with Gasteiger partial charge in [0.2, 0.25) is 0 Å². The van der Waals surface area contributed by atoms with Crippen molar-refractivity contribution < 1.29 is 20.1 Å². The summed E-state index contributed by atoms with van der Waals surface area (Å²) in [5, 5.41) is 30.6. The predicted octanol–water partition coefficient (Wildman–Crippen LogP) is 0.898. The average Bonchev–Trinajstić information content (AvgIpc) is 2.38. The lowest BCUT2D eigenvalue weighted by molar-refractivity contribution is -0.202. The molecule has 0 aromatic carbocycles. The topological polar surface area (TPSA) is 77.8 Å². The predicted molar refractivity (Wildman–Crippen MR) is 71.3 cm³/mol. The maximum absolute atomic E-state index is 12.3. The highest BCUT2D eigenvalue weighted by Crippen LogP contribution is 2.57. The zero-order chi connectivity index (χ0) is 14.4. The number of carbonyl (C=O) groups is 1. The molecule has 3 N–H and O–H groups in total. The van der Waals surface area contributed by atoms with Crippen LogP contribution in [0.25, 0.3) is 0 Å². The number of hydrogen-bond donors (Lipinski definition) is 3. The Bertz CT molecular complexity index is 405. The SMILES string of the molecule is CC(CO)C1C(=O)C=CC2(O)C(O)CCC(C)C12C. The largest absolute Gasteiger partial charge is 0.396 e. The van der Waals surface area contributed by atoms with Crippen molar-refractivity contribution in [3.63, 3.8) is 0 Å². The Morgan fingerprint density at radius 1 is 1.47 bits per heavy atom. The molecule has 0 aromatic rings. The van der Waals surface area contributed by atoms with E-state index in [1.807, 2.05) is 20.8 Å². The molecule has 0 spiro atoms. The first kappa shape index (κ1) is 14.7. The number of rotatable bonds is 2. The molecule has 19 heavy (non-hydrogen) atoms. The van der Waals surface area contributed by atoms with Gasteiger partial charge in [-0.15, -0.1) is 0 Å². The molecule has 0 aliphatic heterocycles. The maximum atomic E-state index is 12.3. The summed E-state index contributed by atoms with van der Waals surface area (Å²) < 4.78 is 0. The van der Waals surface area contributed by atoms with Crippen LogP contribution in [0.1, 0.15) is 33.6 Å². The van der Waals surface area contributed by atoms with E-state index in [0.29, 0.717) is 6.42 Å². The van der Waals surface area contributed by atoms with Crippen LogP contribution >= 0.6 is 0 Å². The van der Waals surface area contributed by atoms with Crippen molar-refractivity contribution in [2.45, 2.75) is 45.3 Å². The summed E-state index contributed by atoms with van der Waals surface area (Å²) in [5.74, 6) is -0.650. The Morgan fingerprint density at radius 3 is 2.68 bits per heavy atom. The lowest BCUT2D eigenvalue weighted by atomic mass is 9.48. The molecule has 0 aromatic heterocycles. The quantitative estimate of drug-likeness (QED) is 0.695. The first-order valence-corrected chi connectivity index (χ1v) is 7.03. The molecule has 6 unspecified atom stereocenters. The van der Waals surface area contributed by atoms with Gasteiger partial charge in [0.05, 0.1) is 6.10 Å². The van der Waals surface area contributed by atoms with Crippen LogP contribution in [0.2, 0.25) is 0 Å². The van der Waals surface area contributed by atoms with Crippen LogP contribution in [0.4, 0.5) is 0 Å². The number of allylic oxidation sites excluding steroid dienone is 1.